The van der Waals surface area contributed by atoms with Crippen LogP contribution in [0.1, 0.15) is 41.5 Å². The lowest BCUT2D eigenvalue weighted by molar-refractivity contribution is 0.298. The second kappa shape index (κ2) is 4.90. The summed E-state index contributed by atoms with van der Waals surface area (Å²) in [6.45, 7) is 29.1. The van der Waals surface area contributed by atoms with Crippen molar-refractivity contribution in [3.05, 3.63) is 0 Å². The maximum Gasteiger partial charge on any atom is 0.125 e. The molecule has 0 bridgehead atoms. The highest BCUT2D eigenvalue weighted by Crippen LogP contribution is 2.52. The van der Waals surface area contributed by atoms with E-state index in [9.17, 15) is 0 Å². The standard InChI is InChI=1S/C14H36N3PSi2/c1-13(2,3)15-16(14(4,5)6)18(15)17(19(7,8)9)20(10,11)12/h1-12H3. The monoisotopic (exact) mass is 333 g/mol. The summed E-state index contributed by atoms with van der Waals surface area (Å²) in [5.74, 6) is 0. The van der Waals surface area contributed by atoms with Gasteiger partial charge in [-0.05, 0) is 41.5 Å². The van der Waals surface area contributed by atoms with E-state index in [2.05, 4.69) is 93.7 Å². The molecule has 0 aliphatic carbocycles. The van der Waals surface area contributed by atoms with Crippen LogP contribution in [0.5, 0.6) is 0 Å². The molecule has 1 rings (SSSR count). The number of hydrogen-bond acceptors (Lipinski definition) is 1. The Balaban J connectivity index is 3.45. The topological polar surface area (TPSA) is 13.1 Å². The molecule has 0 N–H and O–H groups in total. The third-order valence-electron chi connectivity index (χ3n) is 3.14. The third-order valence-corrected chi connectivity index (χ3v) is 16.8. The van der Waals surface area contributed by atoms with Crippen LogP contribution in [0.15, 0.2) is 0 Å². The van der Waals surface area contributed by atoms with Gasteiger partial charge in [0.2, 0.25) is 0 Å². The summed E-state index contributed by atoms with van der Waals surface area (Å²) in [4.78, 5) is 0. The first-order chi connectivity index (χ1) is 8.49. The van der Waals surface area contributed by atoms with Crippen molar-refractivity contribution in [2.75, 3.05) is 4.00 Å². The van der Waals surface area contributed by atoms with Gasteiger partial charge in [0, 0.05) is 0 Å². The summed E-state index contributed by atoms with van der Waals surface area (Å²) < 4.78 is 8.31. The fraction of sp³-hybridized carbons (Fsp3) is 1.00. The highest BCUT2D eigenvalue weighted by atomic mass is 31.1. The molecule has 0 spiro atoms. The molecule has 1 aromatic rings. The third kappa shape index (κ3) is 3.73. The SMILES string of the molecule is CC(C)(C)n1n(C(C)(C)C)p1N([Si](C)(C)C)[Si](C)(C)C. The zero-order chi connectivity index (χ0) is 16.3. The predicted octanol–water partition coefficient (Wildman–Crippen LogP) is 5.39. The van der Waals surface area contributed by atoms with Crippen LogP contribution in [0, 0.1) is 0 Å². The van der Waals surface area contributed by atoms with E-state index in [4.69, 9.17) is 0 Å². The Morgan fingerprint density at radius 2 is 0.900 bits per heavy atom. The quantitative estimate of drug-likeness (QED) is 0.676. The van der Waals surface area contributed by atoms with Gasteiger partial charge < -0.3 is 0 Å². The number of nitrogens with zero attached hydrogens (tertiary/aromatic N) is 3. The molecule has 1 aromatic heterocycles. The maximum atomic E-state index is 2.98. The zero-order valence-corrected chi connectivity index (χ0v) is 18.7. The lowest BCUT2D eigenvalue weighted by Gasteiger charge is -2.40. The van der Waals surface area contributed by atoms with Crippen LogP contribution in [0.3, 0.4) is 0 Å². The molecule has 0 radical (unpaired) electrons. The summed E-state index contributed by atoms with van der Waals surface area (Å²) in [5.41, 5.74) is 0.438. The van der Waals surface area contributed by atoms with Gasteiger partial charge in [-0.3, -0.25) is 4.00 Å². The van der Waals surface area contributed by atoms with Crippen LogP contribution >= 0.6 is 8.00 Å². The second-order valence-corrected chi connectivity index (χ2v) is 22.3. The van der Waals surface area contributed by atoms with Crippen LogP contribution in [0.2, 0.25) is 39.3 Å². The first kappa shape index (κ1) is 18.3. The first-order valence-electron chi connectivity index (χ1n) is 7.69. The first-order valence-corrected chi connectivity index (χ1v) is 15.8. The van der Waals surface area contributed by atoms with Crippen molar-refractivity contribution in [2.45, 2.75) is 91.9 Å². The maximum absolute atomic E-state index is 2.98. The van der Waals surface area contributed by atoms with E-state index in [1.807, 2.05) is 0 Å². The Bertz CT molecular complexity index is 415. The fourth-order valence-corrected chi connectivity index (χ4v) is 18.6. The van der Waals surface area contributed by atoms with Gasteiger partial charge in [0.25, 0.3) is 0 Å². The fourth-order valence-electron chi connectivity index (χ4n) is 2.94. The molecule has 0 aliphatic heterocycles. The molecule has 120 valence electrons. The van der Waals surface area contributed by atoms with Crippen molar-refractivity contribution in [3.63, 3.8) is 0 Å². The molecule has 0 aromatic carbocycles. The Morgan fingerprint density at radius 3 is 1.05 bits per heavy atom. The molecular formula is C14H36N3PSi2. The van der Waals surface area contributed by atoms with Crippen molar-refractivity contribution >= 4 is 24.5 Å². The smallest absolute Gasteiger partial charge is 0.125 e. The average Bonchev–Trinajstić information content (AvgIpc) is 2.69. The van der Waals surface area contributed by atoms with E-state index in [0.29, 0.717) is 0 Å². The molecule has 3 nitrogen and oxygen atoms in total. The van der Waals surface area contributed by atoms with Crippen LogP contribution in [0.4, 0.5) is 0 Å². The molecule has 0 unspecified atom stereocenters. The Kier molecular flexibility index (Phi) is 4.50. The summed E-state index contributed by atoms with van der Waals surface area (Å²) >= 11 is 0. The van der Waals surface area contributed by atoms with E-state index in [1.165, 1.54) is 0 Å². The minimum atomic E-state index is -1.32. The van der Waals surface area contributed by atoms with Gasteiger partial charge in [-0.2, -0.15) is 0 Å². The van der Waals surface area contributed by atoms with Crippen molar-refractivity contribution < 1.29 is 0 Å². The van der Waals surface area contributed by atoms with Crippen molar-refractivity contribution in [1.82, 2.24) is 8.89 Å². The molecule has 0 saturated carbocycles. The number of hydrogen-bond donors (Lipinski definition) is 0. The minimum Gasteiger partial charge on any atom is -0.276 e. The highest BCUT2D eigenvalue weighted by molar-refractivity contribution is 7.56. The molecule has 0 saturated heterocycles. The van der Waals surface area contributed by atoms with Crippen LogP contribution in [-0.4, -0.2) is 25.4 Å². The van der Waals surface area contributed by atoms with Crippen molar-refractivity contribution in [2.24, 2.45) is 0 Å². The molecule has 20 heavy (non-hydrogen) atoms. The Hall–Kier alpha value is 0.294. The van der Waals surface area contributed by atoms with Crippen molar-refractivity contribution in [1.29, 1.82) is 0 Å². The average molecular weight is 334 g/mol. The van der Waals surface area contributed by atoms with Gasteiger partial charge >= 0.3 is 0 Å². The second-order valence-electron chi connectivity index (χ2n) is 9.84. The van der Waals surface area contributed by atoms with Gasteiger partial charge in [-0.25, -0.2) is 8.89 Å². The summed E-state index contributed by atoms with van der Waals surface area (Å²) in [6, 6.07) is 0. The van der Waals surface area contributed by atoms with Gasteiger partial charge in [-0.1, -0.05) is 39.3 Å². The highest BCUT2D eigenvalue weighted by Gasteiger charge is 2.46. The molecule has 0 aliphatic rings. The lowest BCUT2D eigenvalue weighted by atomic mass is 10.1. The Labute approximate surface area is 129 Å². The van der Waals surface area contributed by atoms with Crippen LogP contribution < -0.4 is 4.00 Å². The molecule has 0 fully saturated rings. The normalized spacial score (nSPS) is 15.4. The lowest BCUT2D eigenvalue weighted by Crippen LogP contribution is -2.58. The van der Waals surface area contributed by atoms with Gasteiger partial charge in [0.05, 0.1) is 11.1 Å². The van der Waals surface area contributed by atoms with Crippen LogP contribution in [-0.2, 0) is 11.1 Å². The van der Waals surface area contributed by atoms with Gasteiger partial charge in [-0.15, -0.1) is 0 Å². The predicted molar refractivity (Wildman–Crippen MR) is 100 cm³/mol. The summed E-state index contributed by atoms with van der Waals surface area (Å²) in [7, 11) is -2.92. The largest absolute Gasteiger partial charge is 0.276 e. The number of aromatic nitrogens is 2. The van der Waals surface area contributed by atoms with Crippen molar-refractivity contribution in [3.8, 4) is 0 Å². The van der Waals surface area contributed by atoms with Gasteiger partial charge in [0.1, 0.15) is 24.5 Å². The van der Waals surface area contributed by atoms with E-state index >= 15 is 0 Å². The molecule has 0 amide bonds. The zero-order valence-electron chi connectivity index (χ0n) is 15.8. The molecule has 0 atom stereocenters. The number of rotatable bonds is 3. The van der Waals surface area contributed by atoms with E-state index in [-0.39, 0.29) is 19.1 Å². The summed E-state index contributed by atoms with van der Waals surface area (Å²) in [6.07, 6.45) is 0. The molecule has 6 heteroatoms. The summed E-state index contributed by atoms with van der Waals surface area (Å²) in [5, 5.41) is 0. The molecular weight excluding hydrogens is 297 g/mol. The van der Waals surface area contributed by atoms with E-state index in [1.54, 1.807) is 0 Å². The van der Waals surface area contributed by atoms with E-state index < -0.39 is 16.5 Å². The molecule has 1 heterocycles. The Morgan fingerprint density at radius 1 is 0.650 bits per heavy atom. The van der Waals surface area contributed by atoms with E-state index in [0.717, 1.165) is 0 Å². The van der Waals surface area contributed by atoms with Gasteiger partial charge in [0.15, 0.2) is 0 Å². The van der Waals surface area contributed by atoms with Crippen LogP contribution in [0.25, 0.3) is 0 Å². The minimum absolute atomic E-state index is 0.219.